The molecule has 0 aliphatic heterocycles. The third-order valence-electron chi connectivity index (χ3n) is 2.27. The maximum atomic E-state index is 8.58. The molecule has 3 heteroatoms. The van der Waals surface area contributed by atoms with Gasteiger partial charge in [-0.05, 0) is 50.6 Å². The first-order valence-corrected chi connectivity index (χ1v) is 5.84. The lowest BCUT2D eigenvalue weighted by atomic mass is 10.2. The predicted octanol–water partition coefficient (Wildman–Crippen LogP) is 1.74. The SMILES string of the molecule is Cc1cccc(OCCCNCCCO)c1. The van der Waals surface area contributed by atoms with Crippen molar-refractivity contribution in [2.45, 2.75) is 19.8 Å². The first kappa shape index (κ1) is 13.0. The van der Waals surface area contributed by atoms with Crippen molar-refractivity contribution < 1.29 is 9.84 Å². The zero-order chi connectivity index (χ0) is 11.6. The first-order valence-electron chi connectivity index (χ1n) is 5.84. The van der Waals surface area contributed by atoms with E-state index < -0.39 is 0 Å². The molecule has 0 aliphatic carbocycles. The number of hydrogen-bond donors (Lipinski definition) is 2. The second-order valence-electron chi connectivity index (χ2n) is 3.85. The van der Waals surface area contributed by atoms with E-state index in [1.165, 1.54) is 5.56 Å². The molecular weight excluding hydrogens is 202 g/mol. The molecule has 0 spiro atoms. The Hall–Kier alpha value is -1.06. The fraction of sp³-hybridized carbons (Fsp3) is 0.538. The molecule has 0 fully saturated rings. The number of hydrogen-bond acceptors (Lipinski definition) is 3. The Morgan fingerprint density at radius 2 is 2.06 bits per heavy atom. The van der Waals surface area contributed by atoms with Gasteiger partial charge in [-0.3, -0.25) is 0 Å². The molecule has 1 aromatic carbocycles. The third-order valence-corrected chi connectivity index (χ3v) is 2.27. The molecule has 2 N–H and O–H groups in total. The van der Waals surface area contributed by atoms with E-state index in [-0.39, 0.29) is 6.61 Å². The molecule has 16 heavy (non-hydrogen) atoms. The number of benzene rings is 1. The van der Waals surface area contributed by atoms with Gasteiger partial charge in [0.1, 0.15) is 5.75 Å². The largest absolute Gasteiger partial charge is 0.494 e. The standard InChI is InChI=1S/C13H21NO2/c1-12-5-2-6-13(11-12)16-10-4-8-14-7-3-9-15/h2,5-6,11,14-15H,3-4,7-10H2,1H3. The summed E-state index contributed by atoms with van der Waals surface area (Å²) in [5.41, 5.74) is 1.22. The van der Waals surface area contributed by atoms with Gasteiger partial charge in [0, 0.05) is 6.61 Å². The fourth-order valence-electron chi connectivity index (χ4n) is 1.42. The van der Waals surface area contributed by atoms with Crippen LogP contribution in [0.5, 0.6) is 5.75 Å². The highest BCUT2D eigenvalue weighted by atomic mass is 16.5. The van der Waals surface area contributed by atoms with E-state index in [1.807, 2.05) is 18.2 Å². The van der Waals surface area contributed by atoms with Crippen molar-refractivity contribution in [1.29, 1.82) is 0 Å². The molecular formula is C13H21NO2. The topological polar surface area (TPSA) is 41.5 Å². The Labute approximate surface area is 97.4 Å². The Morgan fingerprint density at radius 1 is 1.25 bits per heavy atom. The Kier molecular flexibility index (Phi) is 6.61. The van der Waals surface area contributed by atoms with Crippen LogP contribution >= 0.6 is 0 Å². The van der Waals surface area contributed by atoms with Crippen molar-refractivity contribution in [3.05, 3.63) is 29.8 Å². The van der Waals surface area contributed by atoms with Crippen molar-refractivity contribution in [2.24, 2.45) is 0 Å². The molecule has 0 saturated heterocycles. The van der Waals surface area contributed by atoms with E-state index in [4.69, 9.17) is 9.84 Å². The average molecular weight is 223 g/mol. The van der Waals surface area contributed by atoms with Gasteiger partial charge in [0.05, 0.1) is 6.61 Å². The molecule has 0 aliphatic rings. The van der Waals surface area contributed by atoms with Crippen LogP contribution in [0, 0.1) is 6.92 Å². The van der Waals surface area contributed by atoms with Gasteiger partial charge in [0.2, 0.25) is 0 Å². The highest BCUT2D eigenvalue weighted by molar-refractivity contribution is 5.27. The molecule has 0 atom stereocenters. The number of aliphatic hydroxyl groups is 1. The summed E-state index contributed by atoms with van der Waals surface area (Å²) < 4.78 is 5.60. The van der Waals surface area contributed by atoms with Crippen molar-refractivity contribution in [3.8, 4) is 5.75 Å². The minimum atomic E-state index is 0.257. The smallest absolute Gasteiger partial charge is 0.119 e. The molecule has 0 heterocycles. The molecule has 0 amide bonds. The number of aliphatic hydroxyl groups excluding tert-OH is 1. The highest BCUT2D eigenvalue weighted by Gasteiger charge is 1.93. The summed E-state index contributed by atoms with van der Waals surface area (Å²) in [5, 5.41) is 11.8. The van der Waals surface area contributed by atoms with E-state index in [0.29, 0.717) is 0 Å². The quantitative estimate of drug-likeness (QED) is 0.660. The number of nitrogens with one attached hydrogen (secondary N) is 1. The molecule has 0 saturated carbocycles. The van der Waals surface area contributed by atoms with Gasteiger partial charge in [-0.1, -0.05) is 12.1 Å². The summed E-state index contributed by atoms with van der Waals surface area (Å²) in [4.78, 5) is 0. The van der Waals surface area contributed by atoms with Crippen LogP contribution in [0.15, 0.2) is 24.3 Å². The normalized spacial score (nSPS) is 10.4. The fourth-order valence-corrected chi connectivity index (χ4v) is 1.42. The highest BCUT2D eigenvalue weighted by Crippen LogP contribution is 2.12. The van der Waals surface area contributed by atoms with Gasteiger partial charge in [-0.25, -0.2) is 0 Å². The van der Waals surface area contributed by atoms with Crippen LogP contribution in [0.4, 0.5) is 0 Å². The lowest BCUT2D eigenvalue weighted by molar-refractivity contribution is 0.282. The van der Waals surface area contributed by atoms with E-state index in [1.54, 1.807) is 0 Å². The second kappa shape index (κ2) is 8.13. The number of rotatable bonds is 8. The number of ether oxygens (including phenoxy) is 1. The molecule has 0 aromatic heterocycles. The lowest BCUT2D eigenvalue weighted by Crippen LogP contribution is -2.19. The van der Waals surface area contributed by atoms with Crippen LogP contribution in [0.1, 0.15) is 18.4 Å². The van der Waals surface area contributed by atoms with Crippen LogP contribution in [-0.4, -0.2) is 31.4 Å². The van der Waals surface area contributed by atoms with Gasteiger partial charge in [0.15, 0.2) is 0 Å². The van der Waals surface area contributed by atoms with E-state index in [9.17, 15) is 0 Å². The van der Waals surface area contributed by atoms with Crippen molar-refractivity contribution in [1.82, 2.24) is 5.32 Å². The molecule has 0 radical (unpaired) electrons. The molecule has 0 bridgehead atoms. The van der Waals surface area contributed by atoms with Crippen molar-refractivity contribution in [3.63, 3.8) is 0 Å². The first-order chi connectivity index (χ1) is 7.83. The Bertz CT molecular complexity index is 289. The second-order valence-corrected chi connectivity index (χ2v) is 3.85. The van der Waals surface area contributed by atoms with E-state index in [0.717, 1.165) is 38.3 Å². The minimum Gasteiger partial charge on any atom is -0.494 e. The van der Waals surface area contributed by atoms with Gasteiger partial charge in [-0.2, -0.15) is 0 Å². The van der Waals surface area contributed by atoms with Crippen LogP contribution in [-0.2, 0) is 0 Å². The van der Waals surface area contributed by atoms with Crippen LogP contribution in [0.3, 0.4) is 0 Å². The van der Waals surface area contributed by atoms with Gasteiger partial charge < -0.3 is 15.2 Å². The van der Waals surface area contributed by atoms with Crippen molar-refractivity contribution in [2.75, 3.05) is 26.3 Å². The summed E-state index contributed by atoms with van der Waals surface area (Å²) >= 11 is 0. The maximum absolute atomic E-state index is 8.58. The predicted molar refractivity (Wildman–Crippen MR) is 65.9 cm³/mol. The van der Waals surface area contributed by atoms with E-state index in [2.05, 4.69) is 18.3 Å². The van der Waals surface area contributed by atoms with E-state index >= 15 is 0 Å². The molecule has 90 valence electrons. The summed E-state index contributed by atoms with van der Waals surface area (Å²) in [6, 6.07) is 8.08. The Balaban J connectivity index is 2.03. The van der Waals surface area contributed by atoms with Gasteiger partial charge in [-0.15, -0.1) is 0 Å². The zero-order valence-electron chi connectivity index (χ0n) is 9.91. The van der Waals surface area contributed by atoms with Crippen molar-refractivity contribution >= 4 is 0 Å². The summed E-state index contributed by atoms with van der Waals surface area (Å²) in [7, 11) is 0. The van der Waals surface area contributed by atoms with Crippen LogP contribution in [0.25, 0.3) is 0 Å². The lowest BCUT2D eigenvalue weighted by Gasteiger charge is -2.07. The molecule has 0 unspecified atom stereocenters. The average Bonchev–Trinajstić information content (AvgIpc) is 2.28. The minimum absolute atomic E-state index is 0.257. The van der Waals surface area contributed by atoms with Crippen LogP contribution in [0.2, 0.25) is 0 Å². The number of aryl methyl sites for hydroxylation is 1. The monoisotopic (exact) mass is 223 g/mol. The zero-order valence-corrected chi connectivity index (χ0v) is 9.91. The molecule has 1 aromatic rings. The molecule has 1 rings (SSSR count). The van der Waals surface area contributed by atoms with Crippen LogP contribution < -0.4 is 10.1 Å². The summed E-state index contributed by atoms with van der Waals surface area (Å²) in [6.07, 6.45) is 1.80. The molecule has 3 nitrogen and oxygen atoms in total. The summed E-state index contributed by atoms with van der Waals surface area (Å²) in [5.74, 6) is 0.940. The summed E-state index contributed by atoms with van der Waals surface area (Å²) in [6.45, 7) is 4.86. The van der Waals surface area contributed by atoms with Gasteiger partial charge >= 0.3 is 0 Å². The van der Waals surface area contributed by atoms with Gasteiger partial charge in [0.25, 0.3) is 0 Å². The third kappa shape index (κ3) is 5.73. The Morgan fingerprint density at radius 3 is 2.81 bits per heavy atom. The maximum Gasteiger partial charge on any atom is 0.119 e.